The summed E-state index contributed by atoms with van der Waals surface area (Å²) in [5, 5.41) is 14.5. The molecule has 1 saturated heterocycles. The zero-order valence-corrected chi connectivity index (χ0v) is 24.1. The van der Waals surface area contributed by atoms with Crippen LogP contribution in [0, 0.1) is 0 Å². The summed E-state index contributed by atoms with van der Waals surface area (Å²) in [6.07, 6.45) is 7.44. The van der Waals surface area contributed by atoms with Gasteiger partial charge < -0.3 is 14.4 Å². The number of ketones is 1. The van der Waals surface area contributed by atoms with Crippen LogP contribution >= 0.6 is 11.6 Å². The van der Waals surface area contributed by atoms with Crippen LogP contribution in [0.3, 0.4) is 0 Å². The van der Waals surface area contributed by atoms with Crippen LogP contribution in [0.25, 0.3) is 22.7 Å². The fourth-order valence-electron chi connectivity index (χ4n) is 7.11. The highest BCUT2D eigenvalue weighted by atomic mass is 35.5. The smallest absolute Gasteiger partial charge is 0.330 e. The fraction of sp³-hybridized carbons (Fsp3) is 0.679. The van der Waals surface area contributed by atoms with Crippen LogP contribution in [0.1, 0.15) is 75.6 Å². The number of ether oxygens (including phenoxy) is 1. The van der Waals surface area contributed by atoms with Gasteiger partial charge in [0.15, 0.2) is 11.2 Å². The lowest BCUT2D eigenvalue weighted by atomic mass is 9.64. The van der Waals surface area contributed by atoms with Crippen molar-refractivity contribution in [1.82, 2.24) is 29.2 Å². The van der Waals surface area contributed by atoms with Crippen LogP contribution in [-0.2, 0) is 23.7 Å². The normalized spacial score (nSPS) is 25.0. The van der Waals surface area contributed by atoms with Gasteiger partial charge in [-0.25, -0.2) is 9.78 Å². The molecule has 12 heteroatoms. The first-order valence-electron chi connectivity index (χ1n) is 14.4. The van der Waals surface area contributed by atoms with E-state index in [2.05, 4.69) is 17.1 Å². The summed E-state index contributed by atoms with van der Waals surface area (Å²) in [6, 6.07) is -0.477. The number of likely N-dealkylation sites (tertiary alicyclic amines) is 1. The molecule has 216 valence electrons. The molecule has 1 aliphatic heterocycles. The average molecular weight is 573 g/mol. The van der Waals surface area contributed by atoms with Gasteiger partial charge in [0.05, 0.1) is 18.1 Å². The molecule has 4 atom stereocenters. The summed E-state index contributed by atoms with van der Waals surface area (Å²) < 4.78 is 15.3. The monoisotopic (exact) mass is 572 g/mol. The van der Waals surface area contributed by atoms with Gasteiger partial charge >= 0.3 is 5.69 Å². The van der Waals surface area contributed by atoms with Gasteiger partial charge in [-0.3, -0.25) is 18.8 Å². The van der Waals surface area contributed by atoms with Crippen LogP contribution < -0.4 is 10.4 Å². The highest BCUT2D eigenvalue weighted by Crippen LogP contribution is 2.47. The van der Waals surface area contributed by atoms with Crippen LogP contribution in [0.15, 0.2) is 9.32 Å². The minimum atomic E-state index is -0.682. The quantitative estimate of drug-likeness (QED) is 0.424. The van der Waals surface area contributed by atoms with Crippen molar-refractivity contribution >= 4 is 28.5 Å². The zero-order chi connectivity index (χ0) is 28.2. The van der Waals surface area contributed by atoms with E-state index >= 15 is 0 Å². The molecule has 3 aliphatic rings. The van der Waals surface area contributed by atoms with Gasteiger partial charge in [0.2, 0.25) is 17.5 Å². The Morgan fingerprint density at radius 1 is 1.15 bits per heavy atom. The molecule has 3 aromatic heterocycles. The van der Waals surface area contributed by atoms with Crippen molar-refractivity contribution < 1.29 is 19.2 Å². The summed E-state index contributed by atoms with van der Waals surface area (Å²) in [7, 11) is 3.72. The molecule has 0 aromatic carbocycles. The number of aliphatic hydroxyl groups is 1. The molecule has 1 saturated carbocycles. The first-order chi connectivity index (χ1) is 19.3. The lowest BCUT2D eigenvalue weighted by Gasteiger charge is -2.37. The van der Waals surface area contributed by atoms with Crippen molar-refractivity contribution in [3.05, 3.63) is 21.7 Å². The van der Waals surface area contributed by atoms with E-state index in [-0.39, 0.29) is 47.8 Å². The third kappa shape index (κ3) is 4.19. The molecule has 2 aliphatic carbocycles. The van der Waals surface area contributed by atoms with Gasteiger partial charge in [-0.15, -0.1) is 11.6 Å². The zero-order valence-electron chi connectivity index (χ0n) is 23.4. The number of imidazole rings is 1. The Bertz CT molecular complexity index is 1490. The SMILES string of the molecule is C[C@H](Oc1nc(-c2onc3c2CCC[C@@]32CCCCC2=O)nc2c1n(C)c(=O)n2C(CO)CCl)[C@@H]1CCCN1C. The van der Waals surface area contributed by atoms with Crippen molar-refractivity contribution in [3.8, 4) is 17.5 Å². The number of carbonyl (C=O) groups is 1. The molecular weight excluding hydrogens is 536 g/mol. The molecule has 4 heterocycles. The summed E-state index contributed by atoms with van der Waals surface area (Å²) in [4.78, 5) is 38.5. The minimum absolute atomic E-state index is 0.0245. The highest BCUT2D eigenvalue weighted by Gasteiger charge is 2.48. The Kier molecular flexibility index (Phi) is 7.25. The van der Waals surface area contributed by atoms with E-state index in [1.807, 2.05) is 6.92 Å². The summed E-state index contributed by atoms with van der Waals surface area (Å²) in [5.41, 5.74) is 1.33. The third-order valence-corrected chi connectivity index (χ3v) is 9.68. The molecule has 40 heavy (non-hydrogen) atoms. The van der Waals surface area contributed by atoms with Gasteiger partial charge in [0.25, 0.3) is 0 Å². The van der Waals surface area contributed by atoms with E-state index < -0.39 is 11.5 Å². The molecule has 6 rings (SSSR count). The lowest BCUT2D eigenvalue weighted by Crippen LogP contribution is -2.41. The fourth-order valence-corrected chi connectivity index (χ4v) is 7.35. The minimum Gasteiger partial charge on any atom is -0.471 e. The first kappa shape index (κ1) is 27.4. The number of fused-ring (bicyclic) bond motifs is 3. The van der Waals surface area contributed by atoms with Crippen molar-refractivity contribution in [2.24, 2.45) is 7.05 Å². The van der Waals surface area contributed by atoms with Crippen molar-refractivity contribution in [2.45, 2.75) is 88.3 Å². The van der Waals surface area contributed by atoms with Gasteiger partial charge in [0, 0.05) is 31.0 Å². The van der Waals surface area contributed by atoms with Crippen molar-refractivity contribution in [3.63, 3.8) is 0 Å². The second-order valence-electron chi connectivity index (χ2n) is 11.6. The molecular formula is C28H37ClN6O5. The number of aliphatic hydroxyl groups excluding tert-OH is 1. The molecule has 1 unspecified atom stereocenters. The number of aryl methyl sites for hydroxylation is 1. The van der Waals surface area contributed by atoms with Gasteiger partial charge in [-0.2, -0.15) is 4.98 Å². The molecule has 0 amide bonds. The maximum absolute atomic E-state index is 13.4. The van der Waals surface area contributed by atoms with Crippen molar-refractivity contribution in [2.75, 3.05) is 26.1 Å². The standard InChI is InChI=1S/C28H37ClN6O5/c1-16(19-9-7-13-33(19)2)39-26-21-25(35(17(14-29)15-36)27(38)34(21)3)30-24(31-26)22-18-8-6-12-28(23(18)32-40-22)11-5-4-10-20(28)37/h16-17,19,36H,4-15H2,1-3H3/t16-,17?,19-,28+/m0/s1. The second-order valence-corrected chi connectivity index (χ2v) is 12.0. The number of Topliss-reactive ketones (excluding diaryl/α,β-unsaturated/α-hetero) is 1. The Hall–Kier alpha value is -2.76. The van der Waals surface area contributed by atoms with Gasteiger partial charge in [-0.1, -0.05) is 11.6 Å². The average Bonchev–Trinajstić information content (AvgIpc) is 3.65. The molecule has 11 nitrogen and oxygen atoms in total. The molecule has 3 aromatic rings. The van der Waals surface area contributed by atoms with Crippen LogP contribution in [0.5, 0.6) is 5.88 Å². The summed E-state index contributed by atoms with van der Waals surface area (Å²) >= 11 is 6.17. The van der Waals surface area contributed by atoms with Crippen LogP contribution in [0.2, 0.25) is 0 Å². The maximum Gasteiger partial charge on any atom is 0.330 e. The van der Waals surface area contributed by atoms with E-state index in [1.54, 1.807) is 7.05 Å². The number of hydrogen-bond donors (Lipinski definition) is 1. The lowest BCUT2D eigenvalue weighted by molar-refractivity contribution is -0.127. The number of alkyl halides is 1. The van der Waals surface area contributed by atoms with E-state index in [4.69, 9.17) is 30.8 Å². The molecule has 2 fully saturated rings. The maximum atomic E-state index is 13.4. The molecule has 1 spiro atoms. The number of aromatic nitrogens is 5. The Morgan fingerprint density at radius 3 is 2.65 bits per heavy atom. The predicted molar refractivity (Wildman–Crippen MR) is 149 cm³/mol. The molecule has 0 radical (unpaired) electrons. The molecule has 1 N–H and O–H groups in total. The van der Waals surface area contributed by atoms with E-state index in [9.17, 15) is 14.7 Å². The largest absolute Gasteiger partial charge is 0.471 e. The number of halogens is 1. The van der Waals surface area contributed by atoms with E-state index in [0.717, 1.165) is 57.1 Å². The Labute approximate surface area is 237 Å². The third-order valence-electron chi connectivity index (χ3n) is 9.33. The highest BCUT2D eigenvalue weighted by molar-refractivity contribution is 6.18. The van der Waals surface area contributed by atoms with E-state index in [0.29, 0.717) is 35.5 Å². The van der Waals surface area contributed by atoms with Crippen LogP contribution in [0.4, 0.5) is 0 Å². The number of nitrogens with zero attached hydrogens (tertiary/aromatic N) is 6. The van der Waals surface area contributed by atoms with Crippen LogP contribution in [-0.4, -0.2) is 78.3 Å². The Morgan fingerprint density at radius 2 is 1.95 bits per heavy atom. The molecule has 0 bridgehead atoms. The van der Waals surface area contributed by atoms with Gasteiger partial charge in [0.1, 0.15) is 17.6 Å². The van der Waals surface area contributed by atoms with Gasteiger partial charge in [-0.05, 0) is 65.5 Å². The summed E-state index contributed by atoms with van der Waals surface area (Å²) in [5.74, 6) is 1.17. The number of carbonyl (C=O) groups excluding carboxylic acids is 1. The second kappa shape index (κ2) is 10.6. The first-order valence-corrected chi connectivity index (χ1v) is 14.9. The topological polar surface area (TPSA) is 129 Å². The number of hydrogen-bond acceptors (Lipinski definition) is 9. The predicted octanol–water partition coefficient (Wildman–Crippen LogP) is 3.14. The summed E-state index contributed by atoms with van der Waals surface area (Å²) in [6.45, 7) is 2.68. The van der Waals surface area contributed by atoms with Crippen molar-refractivity contribution in [1.29, 1.82) is 0 Å². The Balaban J connectivity index is 1.53. The number of likely N-dealkylation sites (N-methyl/N-ethyl adjacent to an activating group) is 1. The number of rotatable bonds is 7. The van der Waals surface area contributed by atoms with E-state index in [1.165, 1.54) is 9.13 Å².